The van der Waals surface area contributed by atoms with E-state index in [2.05, 4.69) is 5.32 Å². The molecule has 3 N–H and O–H groups in total. The maximum absolute atomic E-state index is 12.4. The molecule has 7 nitrogen and oxygen atoms in total. The molecule has 1 heterocycles. The van der Waals surface area contributed by atoms with E-state index in [9.17, 15) is 19.5 Å². The van der Waals surface area contributed by atoms with Crippen LogP contribution in [0.2, 0.25) is 0 Å². The quantitative estimate of drug-likeness (QED) is 0.739. The van der Waals surface area contributed by atoms with Gasteiger partial charge in [0.15, 0.2) is 5.76 Å². The second-order valence-electron chi connectivity index (χ2n) is 6.69. The van der Waals surface area contributed by atoms with Gasteiger partial charge in [-0.15, -0.1) is 0 Å². The molecule has 0 aliphatic carbocycles. The highest BCUT2D eigenvalue weighted by atomic mass is 16.4. The Morgan fingerprint density at radius 1 is 1.11 bits per heavy atom. The third-order valence-corrected chi connectivity index (χ3v) is 4.68. The lowest BCUT2D eigenvalue weighted by molar-refractivity contribution is -0.126. The van der Waals surface area contributed by atoms with Gasteiger partial charge in [-0.25, -0.2) is 4.79 Å². The minimum atomic E-state index is -0.997. The molecule has 3 rings (SSSR count). The topological polar surface area (TPSA) is 107 Å². The summed E-state index contributed by atoms with van der Waals surface area (Å²) >= 11 is 0. The van der Waals surface area contributed by atoms with Crippen molar-refractivity contribution in [1.29, 1.82) is 0 Å². The summed E-state index contributed by atoms with van der Waals surface area (Å²) in [6.07, 6.45) is 0. The summed E-state index contributed by atoms with van der Waals surface area (Å²) in [6.45, 7) is 1.86. The van der Waals surface area contributed by atoms with Crippen LogP contribution in [0.3, 0.4) is 0 Å². The smallest absolute Gasteiger partial charge is 0.335 e. The number of nitrogens with zero attached hydrogens (tertiary/aromatic N) is 1. The van der Waals surface area contributed by atoms with Gasteiger partial charge in [-0.3, -0.25) is 9.59 Å². The summed E-state index contributed by atoms with van der Waals surface area (Å²) in [5, 5.41) is 21.8. The Labute approximate surface area is 161 Å². The molecule has 1 aliphatic heterocycles. The molecular formula is C21H20N2O5. The van der Waals surface area contributed by atoms with Crippen LogP contribution in [0.4, 0.5) is 0 Å². The average molecular weight is 380 g/mol. The van der Waals surface area contributed by atoms with E-state index in [1.165, 1.54) is 18.0 Å². The largest absolute Gasteiger partial charge is 0.503 e. The van der Waals surface area contributed by atoms with Gasteiger partial charge in [0.25, 0.3) is 11.8 Å². The summed E-state index contributed by atoms with van der Waals surface area (Å²) in [6, 6.07) is 13.6. The molecule has 2 aromatic carbocycles. The van der Waals surface area contributed by atoms with E-state index in [-0.39, 0.29) is 23.7 Å². The predicted molar refractivity (Wildman–Crippen MR) is 103 cm³/mol. The molecule has 144 valence electrons. The predicted octanol–water partition coefficient (Wildman–Crippen LogP) is 2.51. The average Bonchev–Trinajstić information content (AvgIpc) is 2.95. The van der Waals surface area contributed by atoms with Crippen molar-refractivity contribution in [2.75, 3.05) is 13.6 Å². The number of aliphatic hydroxyl groups excluding tert-OH is 1. The highest BCUT2D eigenvalue weighted by molar-refractivity contribution is 6.06. The van der Waals surface area contributed by atoms with Crippen molar-refractivity contribution in [3.63, 3.8) is 0 Å². The summed E-state index contributed by atoms with van der Waals surface area (Å²) in [7, 11) is 1.51. The first-order valence-electron chi connectivity index (χ1n) is 8.70. The first-order chi connectivity index (χ1) is 13.3. The molecule has 0 saturated carbocycles. The van der Waals surface area contributed by atoms with Crippen LogP contribution < -0.4 is 5.32 Å². The fourth-order valence-electron chi connectivity index (χ4n) is 3.06. The molecule has 1 atom stereocenters. The Morgan fingerprint density at radius 3 is 2.36 bits per heavy atom. The molecule has 1 aliphatic rings. The SMILES string of the molecule is CC(NC(=O)C1=C(O)C(=O)N(C)C1)c1cccc(-c2cccc(C(=O)O)c2)c1. The first-order valence-corrected chi connectivity index (χ1v) is 8.70. The third-order valence-electron chi connectivity index (χ3n) is 4.68. The zero-order valence-corrected chi connectivity index (χ0v) is 15.5. The fourth-order valence-corrected chi connectivity index (χ4v) is 3.06. The van der Waals surface area contributed by atoms with Gasteiger partial charge in [-0.1, -0.05) is 30.3 Å². The van der Waals surface area contributed by atoms with E-state index >= 15 is 0 Å². The Morgan fingerprint density at radius 2 is 1.75 bits per heavy atom. The normalized spacial score (nSPS) is 14.9. The first kappa shape index (κ1) is 19.2. The minimum absolute atomic E-state index is 0.0460. The summed E-state index contributed by atoms with van der Waals surface area (Å²) in [5.41, 5.74) is 2.62. The number of carboxylic acid groups (broad SMARTS) is 1. The van der Waals surface area contributed by atoms with E-state index in [4.69, 9.17) is 5.11 Å². The second-order valence-corrected chi connectivity index (χ2v) is 6.69. The van der Waals surface area contributed by atoms with Gasteiger partial charge in [0.05, 0.1) is 23.7 Å². The van der Waals surface area contributed by atoms with Gasteiger partial charge in [0.1, 0.15) is 0 Å². The molecule has 1 unspecified atom stereocenters. The van der Waals surface area contributed by atoms with Gasteiger partial charge >= 0.3 is 5.97 Å². The monoisotopic (exact) mass is 380 g/mol. The standard InChI is InChI=1S/C21H20N2O5/c1-12(22-19(25)17-11-23(2)20(26)18(17)24)13-5-3-6-14(9-13)15-7-4-8-16(10-15)21(27)28/h3-10,12,24H,11H2,1-2H3,(H,22,25)(H,27,28). The summed E-state index contributed by atoms with van der Waals surface area (Å²) < 4.78 is 0. The van der Waals surface area contributed by atoms with E-state index < -0.39 is 23.5 Å². The van der Waals surface area contributed by atoms with E-state index in [0.29, 0.717) is 0 Å². The molecule has 0 saturated heterocycles. The van der Waals surface area contributed by atoms with Gasteiger partial charge < -0.3 is 20.4 Å². The number of carboxylic acids is 1. The number of benzene rings is 2. The van der Waals surface area contributed by atoms with Crippen molar-refractivity contribution in [2.24, 2.45) is 0 Å². The van der Waals surface area contributed by atoms with Crippen LogP contribution >= 0.6 is 0 Å². The Kier molecular flexibility index (Phi) is 5.17. The van der Waals surface area contributed by atoms with Crippen LogP contribution in [-0.2, 0) is 9.59 Å². The minimum Gasteiger partial charge on any atom is -0.503 e. The van der Waals surface area contributed by atoms with Crippen LogP contribution in [0, 0.1) is 0 Å². The maximum atomic E-state index is 12.4. The molecule has 2 aromatic rings. The van der Waals surface area contributed by atoms with Crippen molar-refractivity contribution in [3.05, 3.63) is 71.0 Å². The van der Waals surface area contributed by atoms with Crippen molar-refractivity contribution in [1.82, 2.24) is 10.2 Å². The number of aliphatic hydroxyl groups is 1. The Bertz CT molecular complexity index is 996. The molecule has 0 radical (unpaired) electrons. The zero-order valence-electron chi connectivity index (χ0n) is 15.5. The van der Waals surface area contributed by atoms with Crippen LogP contribution in [0.5, 0.6) is 0 Å². The Balaban J connectivity index is 1.80. The number of amides is 2. The number of rotatable bonds is 5. The molecule has 0 fully saturated rings. The number of hydrogen-bond donors (Lipinski definition) is 3. The number of carbonyl (C=O) groups excluding carboxylic acids is 2. The highest BCUT2D eigenvalue weighted by Gasteiger charge is 2.32. The van der Waals surface area contributed by atoms with Crippen LogP contribution in [0.25, 0.3) is 11.1 Å². The van der Waals surface area contributed by atoms with Crippen molar-refractivity contribution >= 4 is 17.8 Å². The molecule has 2 amide bonds. The Hall–Kier alpha value is -3.61. The molecule has 0 spiro atoms. The van der Waals surface area contributed by atoms with E-state index in [1.807, 2.05) is 30.3 Å². The fraction of sp³-hybridized carbons (Fsp3) is 0.190. The van der Waals surface area contributed by atoms with Crippen LogP contribution in [0.1, 0.15) is 28.9 Å². The van der Waals surface area contributed by atoms with Crippen molar-refractivity contribution in [3.8, 4) is 11.1 Å². The third kappa shape index (κ3) is 3.73. The summed E-state index contributed by atoms with van der Waals surface area (Å²) in [4.78, 5) is 36.5. The van der Waals surface area contributed by atoms with Gasteiger partial charge in [-0.05, 0) is 41.8 Å². The highest BCUT2D eigenvalue weighted by Crippen LogP contribution is 2.25. The van der Waals surface area contributed by atoms with Crippen molar-refractivity contribution < 1.29 is 24.6 Å². The van der Waals surface area contributed by atoms with Gasteiger partial charge in [-0.2, -0.15) is 0 Å². The van der Waals surface area contributed by atoms with Gasteiger partial charge in [0, 0.05) is 7.05 Å². The molecule has 7 heteroatoms. The lowest BCUT2D eigenvalue weighted by Gasteiger charge is -2.16. The second kappa shape index (κ2) is 7.56. The maximum Gasteiger partial charge on any atom is 0.335 e. The number of aromatic carboxylic acids is 1. The number of hydrogen-bond acceptors (Lipinski definition) is 4. The van der Waals surface area contributed by atoms with Gasteiger partial charge in [0.2, 0.25) is 0 Å². The number of carbonyl (C=O) groups is 3. The summed E-state index contributed by atoms with van der Waals surface area (Å²) in [5.74, 6) is -2.59. The van der Waals surface area contributed by atoms with E-state index in [0.717, 1.165) is 16.7 Å². The zero-order chi connectivity index (χ0) is 20.4. The van der Waals surface area contributed by atoms with Crippen molar-refractivity contribution in [2.45, 2.75) is 13.0 Å². The lowest BCUT2D eigenvalue weighted by atomic mass is 9.98. The molecule has 0 bridgehead atoms. The number of nitrogens with one attached hydrogen (secondary N) is 1. The van der Waals surface area contributed by atoms with Crippen LogP contribution in [-0.4, -0.2) is 46.5 Å². The van der Waals surface area contributed by atoms with Crippen LogP contribution in [0.15, 0.2) is 59.9 Å². The molecule has 0 aromatic heterocycles. The molecule has 28 heavy (non-hydrogen) atoms. The lowest BCUT2D eigenvalue weighted by Crippen LogP contribution is -2.30. The van der Waals surface area contributed by atoms with E-state index in [1.54, 1.807) is 19.1 Å². The molecular weight excluding hydrogens is 360 g/mol. The number of likely N-dealkylation sites (N-methyl/N-ethyl adjacent to an activating group) is 1.